The van der Waals surface area contributed by atoms with Gasteiger partial charge in [-0.15, -0.1) is 0 Å². The van der Waals surface area contributed by atoms with Crippen LogP contribution < -0.4 is 0 Å². The fraction of sp³-hybridized carbons (Fsp3) is 0.500. The lowest BCUT2D eigenvalue weighted by molar-refractivity contribution is -0.130. The van der Waals surface area contributed by atoms with Crippen LogP contribution in [0.2, 0.25) is 0 Å². The predicted molar refractivity (Wildman–Crippen MR) is 83.7 cm³/mol. The van der Waals surface area contributed by atoms with Gasteiger partial charge < -0.3 is 4.90 Å². The van der Waals surface area contributed by atoms with Crippen LogP contribution in [-0.2, 0) is 24.4 Å². The molecule has 2 heterocycles. The fourth-order valence-electron chi connectivity index (χ4n) is 2.15. The quantitative estimate of drug-likeness (QED) is 0.799. The molecule has 0 aromatic carbocycles. The van der Waals surface area contributed by atoms with Crippen LogP contribution in [-0.4, -0.2) is 37.4 Å². The van der Waals surface area contributed by atoms with E-state index in [1.165, 1.54) is 0 Å². The molecule has 0 N–H and O–H groups in total. The van der Waals surface area contributed by atoms with Crippen LogP contribution in [0.4, 0.5) is 0 Å². The minimum Gasteiger partial charge on any atom is -0.340 e. The number of carbonyl (C=O) groups is 1. The highest BCUT2D eigenvalue weighted by Crippen LogP contribution is 2.14. The number of amides is 1. The number of hydrogen-bond donors (Lipinski definition) is 0. The van der Waals surface area contributed by atoms with E-state index in [-0.39, 0.29) is 5.91 Å². The molecule has 2 aromatic rings. The lowest BCUT2D eigenvalue weighted by atomic mass is 10.3. The Kier molecular flexibility index (Phi) is 5.17. The first kappa shape index (κ1) is 15.8. The van der Waals surface area contributed by atoms with Gasteiger partial charge in [-0.05, 0) is 35.8 Å². The van der Waals surface area contributed by atoms with Gasteiger partial charge in [-0.25, -0.2) is 0 Å². The molecule has 2 aromatic heterocycles. The van der Waals surface area contributed by atoms with Crippen molar-refractivity contribution in [2.45, 2.75) is 39.9 Å². The van der Waals surface area contributed by atoms with Crippen molar-refractivity contribution in [1.29, 1.82) is 0 Å². The van der Waals surface area contributed by atoms with Crippen molar-refractivity contribution >= 4 is 21.8 Å². The van der Waals surface area contributed by atoms with E-state index in [1.54, 1.807) is 17.3 Å². The Morgan fingerprint density at radius 1 is 1.38 bits per heavy atom. The van der Waals surface area contributed by atoms with Crippen molar-refractivity contribution in [2.75, 3.05) is 7.05 Å². The first-order valence-corrected chi connectivity index (χ1v) is 7.74. The number of hydrogen-bond acceptors (Lipinski definition) is 3. The molecule has 7 heteroatoms. The summed E-state index contributed by atoms with van der Waals surface area (Å²) in [5.74, 6) is 0.102. The standard InChI is InChI=1S/C14H20BrN5O/c1-4-19-12(5-7-16-19)10-18(3)14(21)6-8-20-11(2)13(15)9-17-20/h5,7,9H,4,6,8,10H2,1-3H3. The van der Waals surface area contributed by atoms with E-state index in [4.69, 9.17) is 0 Å². The minimum absolute atomic E-state index is 0.102. The second-order valence-corrected chi connectivity index (χ2v) is 5.79. The highest BCUT2D eigenvalue weighted by atomic mass is 79.9. The molecule has 114 valence electrons. The number of carbonyl (C=O) groups excluding carboxylic acids is 1. The molecule has 0 saturated heterocycles. The number of aryl methyl sites for hydroxylation is 2. The van der Waals surface area contributed by atoms with Crippen LogP contribution in [0, 0.1) is 6.92 Å². The Morgan fingerprint density at radius 3 is 2.76 bits per heavy atom. The van der Waals surface area contributed by atoms with Crippen molar-refractivity contribution in [1.82, 2.24) is 24.5 Å². The van der Waals surface area contributed by atoms with Gasteiger partial charge in [-0.2, -0.15) is 10.2 Å². The van der Waals surface area contributed by atoms with Gasteiger partial charge in [0.05, 0.1) is 22.9 Å². The van der Waals surface area contributed by atoms with Crippen molar-refractivity contribution in [3.8, 4) is 0 Å². The summed E-state index contributed by atoms with van der Waals surface area (Å²) in [6.45, 7) is 5.99. The third-order valence-corrected chi connectivity index (χ3v) is 4.29. The minimum atomic E-state index is 0.102. The van der Waals surface area contributed by atoms with E-state index in [0.29, 0.717) is 19.5 Å². The lowest BCUT2D eigenvalue weighted by Crippen LogP contribution is -2.28. The topological polar surface area (TPSA) is 56.0 Å². The van der Waals surface area contributed by atoms with Crippen LogP contribution >= 0.6 is 15.9 Å². The molecule has 0 aliphatic rings. The molecule has 0 unspecified atom stereocenters. The fourth-order valence-corrected chi connectivity index (χ4v) is 2.45. The average Bonchev–Trinajstić information content (AvgIpc) is 3.04. The van der Waals surface area contributed by atoms with Crippen LogP contribution in [0.25, 0.3) is 0 Å². The number of aromatic nitrogens is 4. The maximum atomic E-state index is 12.2. The first-order valence-electron chi connectivity index (χ1n) is 6.95. The largest absolute Gasteiger partial charge is 0.340 e. The van der Waals surface area contributed by atoms with Crippen LogP contribution in [0.5, 0.6) is 0 Å². The lowest BCUT2D eigenvalue weighted by Gasteiger charge is -2.18. The third-order valence-electron chi connectivity index (χ3n) is 3.51. The van der Waals surface area contributed by atoms with Gasteiger partial charge in [-0.1, -0.05) is 0 Å². The van der Waals surface area contributed by atoms with Crippen LogP contribution in [0.3, 0.4) is 0 Å². The van der Waals surface area contributed by atoms with Crippen molar-refractivity contribution < 1.29 is 4.79 Å². The van der Waals surface area contributed by atoms with Gasteiger partial charge in [0.1, 0.15) is 0 Å². The normalized spacial score (nSPS) is 10.9. The Labute approximate surface area is 132 Å². The predicted octanol–water partition coefficient (Wildman–Crippen LogP) is 2.22. The van der Waals surface area contributed by atoms with Gasteiger partial charge >= 0.3 is 0 Å². The summed E-state index contributed by atoms with van der Waals surface area (Å²) < 4.78 is 4.71. The molecule has 6 nitrogen and oxygen atoms in total. The monoisotopic (exact) mass is 353 g/mol. The molecule has 0 spiro atoms. The van der Waals surface area contributed by atoms with E-state index in [0.717, 1.165) is 22.4 Å². The first-order chi connectivity index (χ1) is 10.0. The summed E-state index contributed by atoms with van der Waals surface area (Å²) in [6, 6.07) is 1.95. The number of rotatable bonds is 6. The molecule has 0 fully saturated rings. The molecule has 2 rings (SSSR count). The smallest absolute Gasteiger partial charge is 0.224 e. The van der Waals surface area contributed by atoms with Gasteiger partial charge in [-0.3, -0.25) is 14.2 Å². The van der Waals surface area contributed by atoms with Gasteiger partial charge in [0.15, 0.2) is 0 Å². The van der Waals surface area contributed by atoms with Crippen LogP contribution in [0.15, 0.2) is 22.9 Å². The van der Waals surface area contributed by atoms with E-state index in [1.807, 2.05) is 36.3 Å². The summed E-state index contributed by atoms with van der Waals surface area (Å²) in [5.41, 5.74) is 2.08. The zero-order valence-corrected chi connectivity index (χ0v) is 14.2. The summed E-state index contributed by atoms with van der Waals surface area (Å²) in [5, 5.41) is 8.45. The van der Waals surface area contributed by atoms with E-state index < -0.39 is 0 Å². The molecular formula is C14H20BrN5O. The average molecular weight is 354 g/mol. The van der Waals surface area contributed by atoms with E-state index in [9.17, 15) is 4.79 Å². The molecule has 0 atom stereocenters. The molecular weight excluding hydrogens is 334 g/mol. The summed E-state index contributed by atoms with van der Waals surface area (Å²) in [4.78, 5) is 13.9. The third kappa shape index (κ3) is 3.72. The maximum absolute atomic E-state index is 12.2. The SMILES string of the molecule is CCn1nccc1CN(C)C(=O)CCn1ncc(Br)c1C. The Bertz CT molecular complexity index is 619. The maximum Gasteiger partial charge on any atom is 0.224 e. The van der Waals surface area contributed by atoms with Gasteiger partial charge in [0.2, 0.25) is 5.91 Å². The van der Waals surface area contributed by atoms with Crippen molar-refractivity contribution in [2.24, 2.45) is 0 Å². The summed E-state index contributed by atoms with van der Waals surface area (Å²) in [7, 11) is 1.82. The zero-order valence-electron chi connectivity index (χ0n) is 12.6. The highest BCUT2D eigenvalue weighted by Gasteiger charge is 2.13. The van der Waals surface area contributed by atoms with Crippen molar-refractivity contribution in [3.05, 3.63) is 34.3 Å². The molecule has 0 aliphatic carbocycles. The van der Waals surface area contributed by atoms with Crippen molar-refractivity contribution in [3.63, 3.8) is 0 Å². The second kappa shape index (κ2) is 6.89. The molecule has 0 aliphatic heterocycles. The number of nitrogens with zero attached hydrogens (tertiary/aromatic N) is 5. The zero-order chi connectivity index (χ0) is 15.4. The number of halogens is 1. The molecule has 0 bridgehead atoms. The molecule has 0 radical (unpaired) electrons. The Morgan fingerprint density at radius 2 is 2.14 bits per heavy atom. The Balaban J connectivity index is 1.89. The van der Waals surface area contributed by atoms with E-state index >= 15 is 0 Å². The van der Waals surface area contributed by atoms with Gasteiger partial charge in [0.25, 0.3) is 0 Å². The molecule has 0 saturated carbocycles. The highest BCUT2D eigenvalue weighted by molar-refractivity contribution is 9.10. The van der Waals surface area contributed by atoms with Gasteiger partial charge in [0, 0.05) is 38.4 Å². The molecule has 1 amide bonds. The molecule has 21 heavy (non-hydrogen) atoms. The summed E-state index contributed by atoms with van der Waals surface area (Å²) >= 11 is 3.42. The second-order valence-electron chi connectivity index (χ2n) is 4.94. The van der Waals surface area contributed by atoms with E-state index in [2.05, 4.69) is 26.1 Å². The van der Waals surface area contributed by atoms with Crippen LogP contribution in [0.1, 0.15) is 24.7 Å². The summed E-state index contributed by atoms with van der Waals surface area (Å²) in [6.07, 6.45) is 3.96. The Hall–Kier alpha value is -1.63.